The predicted molar refractivity (Wildman–Crippen MR) is 78.1 cm³/mol. The van der Waals surface area contributed by atoms with Crippen molar-refractivity contribution in [1.29, 1.82) is 5.26 Å². The lowest BCUT2D eigenvalue weighted by Crippen LogP contribution is -2.11. The summed E-state index contributed by atoms with van der Waals surface area (Å²) in [6.45, 7) is 1.39. The average molecular weight is 273 g/mol. The number of nitriles is 1. The minimum absolute atomic E-state index is 0.655. The van der Waals surface area contributed by atoms with Crippen LogP contribution >= 0.6 is 11.8 Å². The molecule has 0 aliphatic heterocycles. The van der Waals surface area contributed by atoms with Crippen LogP contribution in [0.2, 0.25) is 0 Å². The smallest absolute Gasteiger partial charge is 0.102 e. The Labute approximate surface area is 116 Å². The van der Waals surface area contributed by atoms with Crippen molar-refractivity contribution in [3.63, 3.8) is 0 Å². The lowest BCUT2D eigenvalue weighted by molar-refractivity contribution is 0.638. The number of aromatic nitrogens is 2. The maximum atomic E-state index is 9.21. The number of nitrogens with one attached hydrogen (secondary N) is 1. The van der Waals surface area contributed by atoms with Crippen molar-refractivity contribution in [3.8, 4) is 6.07 Å². The first-order valence-corrected chi connectivity index (χ1v) is 7.06. The molecule has 0 radical (unpaired) electrons. The van der Waals surface area contributed by atoms with Crippen LogP contribution in [0.15, 0.2) is 35.5 Å². The number of rotatable bonds is 5. The number of nitrogens with two attached hydrogens (primary N) is 1. The number of nitrogen functional groups attached to an aromatic ring is 1. The topological polar surface area (TPSA) is 79.7 Å². The van der Waals surface area contributed by atoms with Gasteiger partial charge in [0.1, 0.15) is 6.07 Å². The molecule has 5 nitrogen and oxygen atoms in total. The monoisotopic (exact) mass is 273 g/mol. The third-order valence-corrected chi connectivity index (χ3v) is 3.45. The summed E-state index contributed by atoms with van der Waals surface area (Å²) in [6.07, 6.45) is 5.37. The third-order valence-electron chi connectivity index (χ3n) is 2.67. The molecule has 0 bridgehead atoms. The lowest BCUT2D eigenvalue weighted by Gasteiger charge is -2.10. The van der Waals surface area contributed by atoms with Crippen LogP contribution in [0.4, 0.5) is 11.4 Å². The first kappa shape index (κ1) is 13.3. The second-order valence-electron chi connectivity index (χ2n) is 3.96. The zero-order chi connectivity index (χ0) is 13.7. The molecular formula is C13H15N5S. The van der Waals surface area contributed by atoms with E-state index in [-0.39, 0.29) is 0 Å². The highest BCUT2D eigenvalue weighted by Crippen LogP contribution is 2.26. The van der Waals surface area contributed by atoms with Gasteiger partial charge in [-0.2, -0.15) is 10.4 Å². The highest BCUT2D eigenvalue weighted by atomic mass is 32.2. The second kappa shape index (κ2) is 6.16. The predicted octanol–water partition coefficient (Wildman–Crippen LogP) is 2.17. The van der Waals surface area contributed by atoms with Gasteiger partial charge in [-0.25, -0.2) is 0 Å². The molecule has 98 valence electrons. The fraction of sp³-hybridized carbons (Fsp3) is 0.231. The lowest BCUT2D eigenvalue weighted by atomic mass is 10.2. The highest BCUT2D eigenvalue weighted by molar-refractivity contribution is 7.98. The molecule has 0 spiro atoms. The van der Waals surface area contributed by atoms with E-state index in [0.29, 0.717) is 24.3 Å². The Morgan fingerprint density at radius 2 is 2.37 bits per heavy atom. The molecular weight excluding hydrogens is 258 g/mol. The van der Waals surface area contributed by atoms with Crippen LogP contribution < -0.4 is 11.1 Å². The largest absolute Gasteiger partial charge is 0.396 e. The molecule has 1 aromatic heterocycles. The van der Waals surface area contributed by atoms with E-state index in [1.165, 1.54) is 0 Å². The van der Waals surface area contributed by atoms with Crippen LogP contribution in [0, 0.1) is 11.3 Å². The highest BCUT2D eigenvalue weighted by Gasteiger charge is 2.06. The number of benzene rings is 1. The molecule has 0 saturated heterocycles. The van der Waals surface area contributed by atoms with E-state index >= 15 is 0 Å². The summed E-state index contributed by atoms with van der Waals surface area (Å²) in [4.78, 5) is 0.982. The summed E-state index contributed by atoms with van der Waals surface area (Å²) in [5.41, 5.74) is 7.80. The fourth-order valence-corrected chi connectivity index (χ4v) is 2.35. The summed E-state index contributed by atoms with van der Waals surface area (Å²) >= 11 is 1.57. The molecule has 3 N–H and O–H groups in total. The Morgan fingerprint density at radius 1 is 1.53 bits per heavy atom. The quantitative estimate of drug-likeness (QED) is 0.816. The number of hydrogen-bond acceptors (Lipinski definition) is 5. The van der Waals surface area contributed by atoms with E-state index in [0.717, 1.165) is 10.6 Å². The molecule has 0 aliphatic carbocycles. The summed E-state index contributed by atoms with van der Waals surface area (Å²) < 4.78 is 1.77. The molecule has 19 heavy (non-hydrogen) atoms. The van der Waals surface area contributed by atoms with Crippen molar-refractivity contribution < 1.29 is 0 Å². The molecule has 0 aliphatic rings. The molecule has 1 aromatic carbocycles. The Morgan fingerprint density at radius 3 is 3.00 bits per heavy atom. The Kier molecular flexibility index (Phi) is 4.31. The van der Waals surface area contributed by atoms with E-state index in [1.807, 2.05) is 24.5 Å². The van der Waals surface area contributed by atoms with Gasteiger partial charge in [0.2, 0.25) is 0 Å². The second-order valence-corrected chi connectivity index (χ2v) is 4.81. The molecule has 0 atom stereocenters. The van der Waals surface area contributed by atoms with Crippen LogP contribution in [-0.2, 0) is 6.54 Å². The van der Waals surface area contributed by atoms with E-state index in [4.69, 9.17) is 5.73 Å². The van der Waals surface area contributed by atoms with Gasteiger partial charge in [0.05, 0.1) is 29.7 Å². The van der Waals surface area contributed by atoms with Crippen LogP contribution in [0.5, 0.6) is 0 Å². The van der Waals surface area contributed by atoms with Crippen LogP contribution in [0.25, 0.3) is 0 Å². The first-order chi connectivity index (χ1) is 9.24. The standard InChI is InChI=1S/C13H15N5S/c1-19-13-4-2-3-12(11(13)7-14)16-5-6-18-9-10(15)8-17-18/h2-4,8-9,16H,5-6,15H2,1H3. The summed E-state index contributed by atoms with van der Waals surface area (Å²) in [7, 11) is 0. The number of hydrogen-bond donors (Lipinski definition) is 2. The zero-order valence-electron chi connectivity index (χ0n) is 10.6. The molecule has 0 unspecified atom stereocenters. The van der Waals surface area contributed by atoms with Crippen LogP contribution in [0.1, 0.15) is 5.56 Å². The SMILES string of the molecule is CSc1cccc(NCCn2cc(N)cn2)c1C#N. The summed E-state index contributed by atoms with van der Waals surface area (Å²) in [5, 5.41) is 16.6. The fourth-order valence-electron chi connectivity index (χ4n) is 1.77. The Balaban J connectivity index is 2.02. The van der Waals surface area contributed by atoms with Crippen molar-refractivity contribution >= 4 is 23.1 Å². The molecule has 6 heteroatoms. The average Bonchev–Trinajstić information content (AvgIpc) is 2.84. The maximum absolute atomic E-state index is 9.21. The van der Waals surface area contributed by atoms with Crippen LogP contribution in [-0.4, -0.2) is 22.6 Å². The Hall–Kier alpha value is -2.13. The molecule has 0 fully saturated rings. The van der Waals surface area contributed by atoms with Gasteiger partial charge in [-0.15, -0.1) is 11.8 Å². The van der Waals surface area contributed by atoms with Gasteiger partial charge < -0.3 is 11.1 Å². The Bertz CT molecular complexity index is 599. The normalized spacial score (nSPS) is 10.1. The van der Waals surface area contributed by atoms with E-state index in [9.17, 15) is 5.26 Å². The van der Waals surface area contributed by atoms with Gasteiger partial charge in [0.15, 0.2) is 0 Å². The van der Waals surface area contributed by atoms with Gasteiger partial charge in [-0.05, 0) is 18.4 Å². The van der Waals surface area contributed by atoms with Gasteiger partial charge in [0.25, 0.3) is 0 Å². The number of nitrogens with zero attached hydrogens (tertiary/aromatic N) is 3. The molecule has 2 rings (SSSR count). The maximum Gasteiger partial charge on any atom is 0.102 e. The van der Waals surface area contributed by atoms with Crippen molar-refractivity contribution in [3.05, 3.63) is 36.2 Å². The van der Waals surface area contributed by atoms with Crippen molar-refractivity contribution in [2.24, 2.45) is 0 Å². The number of thioether (sulfide) groups is 1. The first-order valence-electron chi connectivity index (χ1n) is 5.83. The molecule has 0 amide bonds. The summed E-state index contributed by atoms with van der Waals surface area (Å²) in [6, 6.07) is 8.05. The number of anilines is 2. The van der Waals surface area contributed by atoms with Crippen molar-refractivity contribution in [1.82, 2.24) is 9.78 Å². The minimum Gasteiger partial charge on any atom is -0.396 e. The molecule has 0 saturated carbocycles. The van der Waals surface area contributed by atoms with Gasteiger partial charge in [-0.3, -0.25) is 4.68 Å². The molecule has 1 heterocycles. The van der Waals surface area contributed by atoms with Gasteiger partial charge in [-0.1, -0.05) is 6.07 Å². The van der Waals surface area contributed by atoms with Gasteiger partial charge >= 0.3 is 0 Å². The van der Waals surface area contributed by atoms with E-state index < -0.39 is 0 Å². The van der Waals surface area contributed by atoms with E-state index in [1.54, 1.807) is 28.8 Å². The zero-order valence-corrected chi connectivity index (χ0v) is 11.4. The third kappa shape index (κ3) is 3.20. The minimum atomic E-state index is 0.655. The van der Waals surface area contributed by atoms with Gasteiger partial charge in [0, 0.05) is 17.6 Å². The molecule has 2 aromatic rings. The van der Waals surface area contributed by atoms with E-state index in [2.05, 4.69) is 16.5 Å². The van der Waals surface area contributed by atoms with Crippen LogP contribution in [0.3, 0.4) is 0 Å². The van der Waals surface area contributed by atoms with Crippen molar-refractivity contribution in [2.75, 3.05) is 23.9 Å². The summed E-state index contributed by atoms with van der Waals surface area (Å²) in [5.74, 6) is 0. The van der Waals surface area contributed by atoms with Crippen molar-refractivity contribution in [2.45, 2.75) is 11.4 Å².